The molecule has 2 atom stereocenters. The van der Waals surface area contributed by atoms with Gasteiger partial charge in [-0.15, -0.1) is 0 Å². The number of methoxy groups -OCH3 is 1. The van der Waals surface area contributed by atoms with Crippen LogP contribution < -0.4 is 5.32 Å². The van der Waals surface area contributed by atoms with E-state index in [1.54, 1.807) is 7.11 Å². The molecule has 0 bridgehead atoms. The number of hydrogen-bond acceptors (Lipinski definition) is 8. The van der Waals surface area contributed by atoms with Gasteiger partial charge >= 0.3 is 0 Å². The number of aliphatic hydroxyl groups excluding tert-OH is 1. The predicted octanol–water partition coefficient (Wildman–Crippen LogP) is 8.33. The summed E-state index contributed by atoms with van der Waals surface area (Å²) in [6, 6.07) is 0. The molecule has 56 heavy (non-hydrogen) atoms. The van der Waals surface area contributed by atoms with Crippen LogP contribution in [0.1, 0.15) is 191 Å². The molecule has 6 rings (SSSR count). The first kappa shape index (κ1) is 45.8. The van der Waals surface area contributed by atoms with Gasteiger partial charge in [0, 0.05) is 75.1 Å². The standard InChI is InChI=1S/C27H50N2O3.C19H34N2O3/c1-22(19-31-6)18-29-23(30)26(20-24(2,3)28-25(4,5)21-26)32-27(29)16-14-12-10-8-7-9-11-13-15-17-27;1-7-14(22)11-21-16(2,3)12-18(13-17(21,4)5)15(23)20(6)19(24-18)9-8-10-19/h22,28H,7-21H2,1-6H3;14,22H,7-13H2,1-6H3. The predicted molar refractivity (Wildman–Crippen MR) is 224 cm³/mol. The van der Waals surface area contributed by atoms with Crippen molar-refractivity contribution >= 4 is 11.8 Å². The fraction of sp³-hybridized carbons (Fsp3) is 0.957. The van der Waals surface area contributed by atoms with E-state index in [1.165, 1.54) is 44.9 Å². The number of hydrogen-bond donors (Lipinski definition) is 2. The fourth-order valence-electron chi connectivity index (χ4n) is 12.5. The Kier molecular flexibility index (Phi) is 13.9. The second kappa shape index (κ2) is 17.0. The molecule has 6 aliphatic rings. The second-order valence-corrected chi connectivity index (χ2v) is 21.9. The number of likely N-dealkylation sites (tertiary alicyclic amines) is 1. The first-order valence-electron chi connectivity index (χ1n) is 22.8. The highest BCUT2D eigenvalue weighted by atomic mass is 16.6. The molecule has 2 N–H and O–H groups in total. The Morgan fingerprint density at radius 2 is 1.12 bits per heavy atom. The Morgan fingerprint density at radius 3 is 1.55 bits per heavy atom. The number of rotatable bonds is 7. The maximum atomic E-state index is 14.3. The van der Waals surface area contributed by atoms with Crippen molar-refractivity contribution in [1.29, 1.82) is 0 Å². The lowest BCUT2D eigenvalue weighted by Crippen LogP contribution is -2.68. The topological polar surface area (TPSA) is 104 Å². The number of nitrogens with one attached hydrogen (secondary N) is 1. The molecule has 6 fully saturated rings. The molecule has 2 saturated carbocycles. The fourth-order valence-corrected chi connectivity index (χ4v) is 12.5. The summed E-state index contributed by atoms with van der Waals surface area (Å²) in [6.07, 6.45) is 19.7. The molecule has 4 saturated heterocycles. The van der Waals surface area contributed by atoms with E-state index in [9.17, 15) is 14.7 Å². The molecule has 324 valence electrons. The first-order chi connectivity index (χ1) is 26.0. The van der Waals surface area contributed by atoms with Gasteiger partial charge < -0.3 is 34.4 Å². The summed E-state index contributed by atoms with van der Waals surface area (Å²) in [7, 11) is 3.66. The van der Waals surface area contributed by atoms with Crippen molar-refractivity contribution in [2.75, 3.05) is 33.9 Å². The molecule has 10 heteroatoms. The van der Waals surface area contributed by atoms with Gasteiger partial charge in [0.2, 0.25) is 0 Å². The number of carbonyl (C=O) groups excluding carboxylic acids is 2. The van der Waals surface area contributed by atoms with Gasteiger partial charge in [-0.25, -0.2) is 0 Å². The average molecular weight is 789 g/mol. The van der Waals surface area contributed by atoms with Crippen molar-refractivity contribution in [2.24, 2.45) is 5.92 Å². The second-order valence-electron chi connectivity index (χ2n) is 21.9. The van der Waals surface area contributed by atoms with Crippen LogP contribution in [0.25, 0.3) is 0 Å². The van der Waals surface area contributed by atoms with E-state index >= 15 is 0 Å². The zero-order valence-corrected chi connectivity index (χ0v) is 38.0. The highest BCUT2D eigenvalue weighted by Gasteiger charge is 2.67. The molecule has 0 radical (unpaired) electrons. The Hall–Kier alpha value is -1.30. The largest absolute Gasteiger partial charge is 0.392 e. The van der Waals surface area contributed by atoms with Crippen molar-refractivity contribution in [3.63, 3.8) is 0 Å². The first-order valence-corrected chi connectivity index (χ1v) is 22.8. The van der Waals surface area contributed by atoms with Crippen LogP contribution >= 0.6 is 0 Å². The van der Waals surface area contributed by atoms with E-state index < -0.39 is 16.9 Å². The van der Waals surface area contributed by atoms with E-state index in [1.807, 2.05) is 18.9 Å². The Morgan fingerprint density at radius 1 is 0.679 bits per heavy atom. The minimum Gasteiger partial charge on any atom is -0.392 e. The maximum absolute atomic E-state index is 14.3. The highest BCUT2D eigenvalue weighted by molar-refractivity contribution is 5.89. The molecule has 0 aromatic heterocycles. The third kappa shape index (κ3) is 9.51. The normalized spacial score (nSPS) is 30.0. The van der Waals surface area contributed by atoms with Crippen LogP contribution in [-0.2, 0) is 23.8 Å². The monoisotopic (exact) mass is 789 g/mol. The minimum atomic E-state index is -0.720. The van der Waals surface area contributed by atoms with E-state index in [4.69, 9.17) is 14.2 Å². The Balaban J connectivity index is 0.000000223. The van der Waals surface area contributed by atoms with Crippen LogP contribution in [-0.4, -0.2) is 116 Å². The summed E-state index contributed by atoms with van der Waals surface area (Å²) >= 11 is 0. The number of carbonyl (C=O) groups is 2. The van der Waals surface area contributed by atoms with Crippen molar-refractivity contribution in [3.05, 3.63) is 0 Å². The van der Waals surface area contributed by atoms with E-state index in [2.05, 4.69) is 77.4 Å². The number of piperidine rings is 2. The number of ether oxygens (including phenoxy) is 3. The molecule has 0 aromatic carbocycles. The van der Waals surface area contributed by atoms with Crippen LogP contribution in [0.15, 0.2) is 0 Å². The summed E-state index contributed by atoms with van der Waals surface area (Å²) in [5.41, 5.74) is -2.93. The summed E-state index contributed by atoms with van der Waals surface area (Å²) in [5, 5.41) is 14.0. The zero-order chi connectivity index (χ0) is 41.4. The molecule has 2 unspecified atom stereocenters. The summed E-state index contributed by atoms with van der Waals surface area (Å²) in [5.74, 6) is 0.679. The number of likely N-dealkylation sites (N-methyl/N-ethyl adjacent to an activating group) is 1. The lowest BCUT2D eigenvalue weighted by Gasteiger charge is -2.58. The molecule has 2 amide bonds. The van der Waals surface area contributed by atoms with Gasteiger partial charge in [-0.1, -0.05) is 58.8 Å². The Labute approximate surface area is 341 Å². The van der Waals surface area contributed by atoms with Gasteiger partial charge in [0.25, 0.3) is 11.8 Å². The van der Waals surface area contributed by atoms with Crippen LogP contribution in [0.3, 0.4) is 0 Å². The number of aliphatic hydroxyl groups is 1. The lowest BCUT2D eigenvalue weighted by atomic mass is 9.70. The van der Waals surface area contributed by atoms with Gasteiger partial charge in [0.15, 0.2) is 11.2 Å². The molecule has 0 aromatic rings. The van der Waals surface area contributed by atoms with Crippen LogP contribution in [0.4, 0.5) is 0 Å². The molecule has 2 aliphatic carbocycles. The highest BCUT2D eigenvalue weighted by Crippen LogP contribution is 2.56. The maximum Gasteiger partial charge on any atom is 0.257 e. The average Bonchev–Trinajstić information content (AvgIpc) is 3.38. The molecule has 4 heterocycles. The van der Waals surface area contributed by atoms with Crippen molar-refractivity contribution in [1.82, 2.24) is 20.0 Å². The van der Waals surface area contributed by atoms with Gasteiger partial charge in [-0.05, 0) is 113 Å². The Bertz CT molecular complexity index is 1310. The van der Waals surface area contributed by atoms with Crippen LogP contribution in [0.2, 0.25) is 0 Å². The van der Waals surface area contributed by atoms with Crippen LogP contribution in [0.5, 0.6) is 0 Å². The van der Waals surface area contributed by atoms with Gasteiger partial charge in [-0.3, -0.25) is 14.5 Å². The van der Waals surface area contributed by atoms with Gasteiger partial charge in [0.05, 0.1) is 12.7 Å². The van der Waals surface area contributed by atoms with Crippen molar-refractivity contribution in [3.8, 4) is 0 Å². The quantitative estimate of drug-likeness (QED) is 0.266. The molecule has 4 spiro atoms. The number of amides is 2. The zero-order valence-electron chi connectivity index (χ0n) is 38.0. The van der Waals surface area contributed by atoms with E-state index in [0.717, 1.165) is 70.8 Å². The molecule has 4 aliphatic heterocycles. The summed E-state index contributed by atoms with van der Waals surface area (Å²) in [4.78, 5) is 33.9. The molecule has 10 nitrogen and oxygen atoms in total. The smallest absolute Gasteiger partial charge is 0.257 e. The summed E-state index contributed by atoms with van der Waals surface area (Å²) in [6.45, 7) is 23.8. The van der Waals surface area contributed by atoms with E-state index in [-0.39, 0.29) is 45.8 Å². The van der Waals surface area contributed by atoms with Gasteiger partial charge in [-0.2, -0.15) is 0 Å². The molecular formula is C46H84N4O6. The third-order valence-electron chi connectivity index (χ3n) is 14.3. The van der Waals surface area contributed by atoms with Crippen molar-refractivity contribution in [2.45, 2.75) is 242 Å². The number of β-amino-alcohol motifs (C(OH)–C–C–N with tert-alkyl or cyclic N) is 1. The molecular weight excluding hydrogens is 705 g/mol. The summed E-state index contributed by atoms with van der Waals surface area (Å²) < 4.78 is 19.2. The van der Waals surface area contributed by atoms with Gasteiger partial charge in [0.1, 0.15) is 11.4 Å². The van der Waals surface area contributed by atoms with Crippen molar-refractivity contribution < 1.29 is 28.9 Å². The number of nitrogens with zero attached hydrogens (tertiary/aromatic N) is 3. The van der Waals surface area contributed by atoms with E-state index in [0.29, 0.717) is 31.9 Å². The SMILES string of the molecule is CCC(O)CN1C(C)(C)CC2(CC1(C)C)OC1(CCC1)N(C)C2=O.COCC(C)CN1C(=O)C2(CC(C)(C)NC(C)(C)C2)OC12CCCCCCCCCCC2. The minimum absolute atomic E-state index is 0.141. The lowest BCUT2D eigenvalue weighted by molar-refractivity contribution is -0.219. The van der Waals surface area contributed by atoms with Crippen LogP contribution in [0, 0.1) is 5.92 Å². The third-order valence-corrected chi connectivity index (χ3v) is 14.3.